The molecule has 0 saturated heterocycles. The van der Waals surface area contributed by atoms with Crippen molar-refractivity contribution in [2.45, 2.75) is 63.2 Å². The number of aliphatic hydroxyl groups excluding tert-OH is 2. The van der Waals surface area contributed by atoms with Gasteiger partial charge >= 0.3 is 0 Å². The first kappa shape index (κ1) is 16.7. The van der Waals surface area contributed by atoms with Crippen LogP contribution in [0.4, 0.5) is 0 Å². The second-order valence-corrected chi connectivity index (χ2v) is 8.50. The van der Waals surface area contributed by atoms with Crippen LogP contribution in [0.15, 0.2) is 4.99 Å². The van der Waals surface area contributed by atoms with Gasteiger partial charge in [-0.05, 0) is 39.0 Å². The molecule has 7 atom stereocenters. The number of nitrogens with one attached hydrogen (secondary N) is 2. The van der Waals surface area contributed by atoms with Gasteiger partial charge in [0.1, 0.15) is 6.67 Å². The van der Waals surface area contributed by atoms with Crippen molar-refractivity contribution in [2.75, 3.05) is 6.67 Å². The summed E-state index contributed by atoms with van der Waals surface area (Å²) in [5.74, 6) is 0.477. The third-order valence-corrected chi connectivity index (χ3v) is 5.78. The highest BCUT2D eigenvalue weighted by Gasteiger charge is 2.59. The number of hydrogen-bond acceptors (Lipinski definition) is 7. The average Bonchev–Trinajstić information content (AvgIpc) is 3.13. The smallest absolute Gasteiger partial charge is 0.278 e. The Balaban J connectivity index is 1.53. The first-order valence-electron chi connectivity index (χ1n) is 8.81. The number of guanidine groups is 1. The number of carbonyl (C=O) groups is 1. The molecule has 0 bridgehead atoms. The van der Waals surface area contributed by atoms with Crippen LogP contribution in [0.5, 0.6) is 0 Å². The quantitative estimate of drug-likeness (QED) is 0.360. The highest BCUT2D eigenvalue weighted by Crippen LogP contribution is 2.51. The molecule has 0 aromatic rings. The van der Waals surface area contributed by atoms with Crippen molar-refractivity contribution >= 4 is 18.2 Å². The largest absolute Gasteiger partial charge is 0.390 e. The van der Waals surface area contributed by atoms with Gasteiger partial charge < -0.3 is 15.9 Å². The molecule has 138 valence electrons. The lowest BCUT2D eigenvalue weighted by Gasteiger charge is -2.31. The van der Waals surface area contributed by atoms with Crippen molar-refractivity contribution < 1.29 is 19.6 Å². The van der Waals surface area contributed by atoms with Crippen LogP contribution in [-0.2, 0) is 4.79 Å². The van der Waals surface area contributed by atoms with E-state index in [0.717, 1.165) is 6.42 Å². The minimum absolute atomic E-state index is 0.138. The number of nitrogens with two attached hydrogens (primary N) is 1. The van der Waals surface area contributed by atoms with E-state index in [4.69, 9.17) is 5.73 Å². The summed E-state index contributed by atoms with van der Waals surface area (Å²) < 4.78 is 1.90. The van der Waals surface area contributed by atoms with E-state index in [9.17, 15) is 15.0 Å². The van der Waals surface area contributed by atoms with Gasteiger partial charge in [-0.15, -0.1) is 0 Å². The highest BCUT2D eigenvalue weighted by molar-refractivity contribution is 6.01. The van der Waals surface area contributed by atoms with Crippen molar-refractivity contribution in [2.24, 2.45) is 22.6 Å². The standard InChI is InChI=1S/C16H26N6O3/c1-16(2,3)22-6-21(10-13(22)19-15(17)20-14(10)25)5-18-9-7-4-8(7)11(23)12(9)24/h6-13,18,23-24H,4-5H2,1-3H3,(H2-,17,19,20,25)/p+1. The Bertz CT molecular complexity index is 657. The Morgan fingerprint density at radius 3 is 2.72 bits per heavy atom. The van der Waals surface area contributed by atoms with Gasteiger partial charge in [0.05, 0.1) is 17.7 Å². The Morgan fingerprint density at radius 2 is 2.12 bits per heavy atom. The van der Waals surface area contributed by atoms with E-state index < -0.39 is 18.2 Å². The van der Waals surface area contributed by atoms with Crippen molar-refractivity contribution in [3.05, 3.63) is 0 Å². The van der Waals surface area contributed by atoms with E-state index in [-0.39, 0.29) is 35.5 Å². The third kappa shape index (κ3) is 2.61. The maximum atomic E-state index is 12.5. The van der Waals surface area contributed by atoms with E-state index >= 15 is 0 Å². The number of hydrogen-bond donors (Lipinski definition) is 5. The van der Waals surface area contributed by atoms with Gasteiger partial charge in [-0.3, -0.25) is 15.4 Å². The van der Waals surface area contributed by atoms with Gasteiger partial charge in [-0.1, -0.05) is 0 Å². The van der Waals surface area contributed by atoms with Gasteiger partial charge in [0.25, 0.3) is 5.91 Å². The fraction of sp³-hybridized carbons (Fsp3) is 0.812. The first-order chi connectivity index (χ1) is 11.7. The SMILES string of the molecule is CC(C)(C)N1C=[N+](CNC2C(O)C(O)C3CC32)C2C(=O)NC(N)=NC21. The average molecular weight is 351 g/mol. The zero-order valence-electron chi connectivity index (χ0n) is 14.8. The van der Waals surface area contributed by atoms with E-state index in [1.165, 1.54) is 0 Å². The summed E-state index contributed by atoms with van der Waals surface area (Å²) in [6, 6.07) is -0.617. The molecular weight excluding hydrogens is 324 g/mol. The molecule has 4 rings (SSSR count). The molecule has 0 aromatic heterocycles. The maximum absolute atomic E-state index is 12.5. The number of carbonyl (C=O) groups excluding carboxylic acids is 1. The molecule has 1 amide bonds. The molecule has 9 nitrogen and oxygen atoms in total. The molecule has 0 radical (unpaired) electrons. The Hall–Kier alpha value is -1.71. The summed E-state index contributed by atoms with van der Waals surface area (Å²) in [6.45, 7) is 6.57. The third-order valence-electron chi connectivity index (χ3n) is 5.78. The van der Waals surface area contributed by atoms with Crippen LogP contribution < -0.4 is 16.4 Å². The number of rotatable bonds is 3. The van der Waals surface area contributed by atoms with E-state index in [0.29, 0.717) is 12.6 Å². The second-order valence-electron chi connectivity index (χ2n) is 8.50. The van der Waals surface area contributed by atoms with Gasteiger partial charge in [0.15, 0.2) is 5.96 Å². The predicted molar refractivity (Wildman–Crippen MR) is 90.7 cm³/mol. The van der Waals surface area contributed by atoms with Crippen molar-refractivity contribution in [1.29, 1.82) is 0 Å². The maximum Gasteiger partial charge on any atom is 0.278 e. The molecule has 7 unspecified atom stereocenters. The van der Waals surface area contributed by atoms with Gasteiger partial charge in [-0.25, -0.2) is 14.5 Å². The second kappa shape index (κ2) is 5.39. The van der Waals surface area contributed by atoms with Crippen LogP contribution in [0.25, 0.3) is 0 Å². The van der Waals surface area contributed by atoms with Crippen LogP contribution in [-0.4, -0.2) is 80.6 Å². The summed E-state index contributed by atoms with van der Waals surface area (Å²) in [7, 11) is 0. The molecule has 2 aliphatic carbocycles. The van der Waals surface area contributed by atoms with Gasteiger partial charge in [0, 0.05) is 6.04 Å². The summed E-state index contributed by atoms with van der Waals surface area (Å²) in [6.07, 6.45) is 1.08. The number of fused-ring (bicyclic) bond motifs is 2. The number of aliphatic hydroxyl groups is 2. The monoisotopic (exact) mass is 351 g/mol. The molecule has 0 spiro atoms. The summed E-state index contributed by atoms with van der Waals surface area (Å²) in [4.78, 5) is 18.9. The number of aliphatic imine (C=N–C) groups is 1. The molecule has 2 fully saturated rings. The fourth-order valence-corrected chi connectivity index (χ4v) is 4.37. The van der Waals surface area contributed by atoms with Crippen LogP contribution >= 0.6 is 0 Å². The van der Waals surface area contributed by atoms with Gasteiger partial charge in [-0.2, -0.15) is 0 Å². The molecule has 0 aromatic carbocycles. The number of amides is 1. The van der Waals surface area contributed by atoms with Crippen molar-refractivity contribution in [3.8, 4) is 0 Å². The lowest BCUT2D eigenvalue weighted by Crippen LogP contribution is -2.59. The summed E-state index contributed by atoms with van der Waals surface area (Å²) in [5.41, 5.74) is 5.53. The summed E-state index contributed by atoms with van der Waals surface area (Å²) >= 11 is 0. The van der Waals surface area contributed by atoms with Crippen LogP contribution in [0.2, 0.25) is 0 Å². The Kier molecular flexibility index (Phi) is 3.61. The molecule has 2 aliphatic heterocycles. The van der Waals surface area contributed by atoms with Crippen LogP contribution in [0.3, 0.4) is 0 Å². The molecule has 25 heavy (non-hydrogen) atoms. The molecule has 9 heteroatoms. The lowest BCUT2D eigenvalue weighted by molar-refractivity contribution is -0.548. The lowest BCUT2D eigenvalue weighted by atomic mass is 10.0. The molecule has 4 aliphatic rings. The van der Waals surface area contributed by atoms with Crippen molar-refractivity contribution in [3.63, 3.8) is 0 Å². The zero-order chi connectivity index (χ0) is 18.1. The topological polar surface area (TPSA) is 126 Å². The highest BCUT2D eigenvalue weighted by atomic mass is 16.3. The zero-order valence-corrected chi connectivity index (χ0v) is 14.8. The molecular formula is C16H27N6O3+. The molecule has 2 heterocycles. The van der Waals surface area contributed by atoms with E-state index in [1.54, 1.807) is 0 Å². The fourth-order valence-electron chi connectivity index (χ4n) is 4.37. The number of nitrogens with zero attached hydrogens (tertiary/aromatic N) is 3. The van der Waals surface area contributed by atoms with Crippen LogP contribution in [0.1, 0.15) is 27.2 Å². The van der Waals surface area contributed by atoms with E-state index in [2.05, 4.69) is 36.4 Å². The minimum atomic E-state index is -0.755. The Morgan fingerprint density at radius 1 is 1.40 bits per heavy atom. The first-order valence-corrected chi connectivity index (χ1v) is 8.81. The molecule has 6 N–H and O–H groups in total. The minimum Gasteiger partial charge on any atom is -0.390 e. The summed E-state index contributed by atoms with van der Waals surface area (Å²) in [5, 5.41) is 26.1. The van der Waals surface area contributed by atoms with Crippen LogP contribution in [0, 0.1) is 11.8 Å². The van der Waals surface area contributed by atoms with E-state index in [1.807, 2.05) is 15.8 Å². The normalized spacial score (nSPS) is 42.5. The van der Waals surface area contributed by atoms with Crippen molar-refractivity contribution in [1.82, 2.24) is 15.5 Å². The van der Waals surface area contributed by atoms with Gasteiger partial charge in [0.2, 0.25) is 18.5 Å². The Labute approximate surface area is 146 Å². The predicted octanol–water partition coefficient (Wildman–Crippen LogP) is -2.43. The molecule has 2 saturated carbocycles.